The predicted octanol–water partition coefficient (Wildman–Crippen LogP) is 2.52. The fourth-order valence-corrected chi connectivity index (χ4v) is 1.55. The summed E-state index contributed by atoms with van der Waals surface area (Å²) in [7, 11) is 1.77. The van der Waals surface area contributed by atoms with Crippen molar-refractivity contribution in [3.63, 3.8) is 0 Å². The molecule has 0 aliphatic heterocycles. The van der Waals surface area contributed by atoms with Crippen LogP contribution in [0.25, 0.3) is 0 Å². The second kappa shape index (κ2) is 5.52. The smallest absolute Gasteiger partial charge is 0.240 e. The second-order valence-electron chi connectivity index (χ2n) is 4.63. The maximum atomic E-state index is 12.0. The standard InChI is InChI=1S/C13H19ClN2O/c1-9(10-6-5-7-11(14)8-10)16-12(17)13(2,3)15-4/h5-9,15H,1-4H3,(H,16,17)/t9-/m1/s1. The average molecular weight is 255 g/mol. The van der Waals surface area contributed by atoms with E-state index in [4.69, 9.17) is 11.6 Å². The van der Waals surface area contributed by atoms with Gasteiger partial charge in [-0.15, -0.1) is 0 Å². The zero-order valence-corrected chi connectivity index (χ0v) is 11.4. The molecule has 1 atom stereocenters. The van der Waals surface area contributed by atoms with E-state index in [-0.39, 0.29) is 11.9 Å². The highest BCUT2D eigenvalue weighted by atomic mass is 35.5. The minimum absolute atomic E-state index is 0.0347. The van der Waals surface area contributed by atoms with E-state index in [1.165, 1.54) is 0 Å². The van der Waals surface area contributed by atoms with Crippen LogP contribution in [0.5, 0.6) is 0 Å². The van der Waals surface area contributed by atoms with Crippen LogP contribution in [0.2, 0.25) is 5.02 Å². The van der Waals surface area contributed by atoms with Crippen molar-refractivity contribution >= 4 is 17.5 Å². The van der Waals surface area contributed by atoms with Gasteiger partial charge in [0.2, 0.25) is 5.91 Å². The molecule has 0 spiro atoms. The fraction of sp³-hybridized carbons (Fsp3) is 0.462. The molecular formula is C13H19ClN2O. The molecule has 0 fully saturated rings. The molecular weight excluding hydrogens is 236 g/mol. The quantitative estimate of drug-likeness (QED) is 0.867. The summed E-state index contributed by atoms with van der Waals surface area (Å²) in [5.74, 6) is -0.0347. The van der Waals surface area contributed by atoms with E-state index < -0.39 is 5.54 Å². The Kier molecular flexibility index (Phi) is 4.54. The fourth-order valence-electron chi connectivity index (χ4n) is 1.35. The molecule has 0 heterocycles. The number of carbonyl (C=O) groups is 1. The van der Waals surface area contributed by atoms with Crippen LogP contribution < -0.4 is 10.6 Å². The van der Waals surface area contributed by atoms with Gasteiger partial charge in [0, 0.05) is 5.02 Å². The van der Waals surface area contributed by atoms with E-state index in [1.54, 1.807) is 7.05 Å². The number of likely N-dealkylation sites (N-methyl/N-ethyl adjacent to an activating group) is 1. The maximum Gasteiger partial charge on any atom is 0.240 e. The molecule has 0 saturated carbocycles. The Morgan fingerprint density at radius 2 is 2.06 bits per heavy atom. The molecule has 0 bridgehead atoms. The minimum Gasteiger partial charge on any atom is -0.348 e. The van der Waals surface area contributed by atoms with Crippen molar-refractivity contribution in [1.82, 2.24) is 10.6 Å². The third kappa shape index (κ3) is 3.72. The van der Waals surface area contributed by atoms with Gasteiger partial charge in [-0.1, -0.05) is 23.7 Å². The number of nitrogens with one attached hydrogen (secondary N) is 2. The van der Waals surface area contributed by atoms with E-state index in [0.717, 1.165) is 5.56 Å². The monoisotopic (exact) mass is 254 g/mol. The van der Waals surface area contributed by atoms with Gasteiger partial charge in [0.1, 0.15) is 0 Å². The molecule has 0 aromatic heterocycles. The van der Waals surface area contributed by atoms with Crippen LogP contribution in [0, 0.1) is 0 Å². The Hall–Kier alpha value is -1.06. The lowest BCUT2D eigenvalue weighted by Gasteiger charge is -2.25. The van der Waals surface area contributed by atoms with Gasteiger partial charge >= 0.3 is 0 Å². The van der Waals surface area contributed by atoms with Gasteiger partial charge in [-0.3, -0.25) is 4.79 Å². The van der Waals surface area contributed by atoms with E-state index in [9.17, 15) is 4.79 Å². The topological polar surface area (TPSA) is 41.1 Å². The number of hydrogen-bond acceptors (Lipinski definition) is 2. The Morgan fingerprint density at radius 3 is 2.59 bits per heavy atom. The van der Waals surface area contributed by atoms with Crippen LogP contribution in [0.3, 0.4) is 0 Å². The molecule has 0 radical (unpaired) electrons. The summed E-state index contributed by atoms with van der Waals surface area (Å²) in [5.41, 5.74) is 0.421. The number of hydrogen-bond donors (Lipinski definition) is 2. The highest BCUT2D eigenvalue weighted by Gasteiger charge is 2.26. The third-order valence-electron chi connectivity index (χ3n) is 2.89. The zero-order valence-electron chi connectivity index (χ0n) is 10.7. The second-order valence-corrected chi connectivity index (χ2v) is 5.06. The first-order chi connectivity index (χ1) is 7.86. The van der Waals surface area contributed by atoms with Gasteiger partial charge < -0.3 is 10.6 Å². The molecule has 2 N–H and O–H groups in total. The molecule has 3 nitrogen and oxygen atoms in total. The van der Waals surface area contributed by atoms with Crippen LogP contribution >= 0.6 is 11.6 Å². The Labute approximate surface area is 108 Å². The summed E-state index contributed by atoms with van der Waals surface area (Å²) in [6.07, 6.45) is 0. The van der Waals surface area contributed by atoms with Crippen molar-refractivity contribution in [2.75, 3.05) is 7.05 Å². The van der Waals surface area contributed by atoms with E-state index in [0.29, 0.717) is 5.02 Å². The SMILES string of the molecule is CNC(C)(C)C(=O)N[C@H](C)c1cccc(Cl)c1. The van der Waals surface area contributed by atoms with Gasteiger partial charge in [0.15, 0.2) is 0 Å². The van der Waals surface area contributed by atoms with Crippen LogP contribution in [0.15, 0.2) is 24.3 Å². The molecule has 0 aliphatic carbocycles. The van der Waals surface area contributed by atoms with Gasteiger partial charge in [0.25, 0.3) is 0 Å². The summed E-state index contributed by atoms with van der Waals surface area (Å²) in [6.45, 7) is 5.62. The van der Waals surface area contributed by atoms with Crippen LogP contribution in [0.4, 0.5) is 0 Å². The van der Waals surface area contributed by atoms with Crippen LogP contribution in [-0.2, 0) is 4.79 Å². The summed E-state index contributed by atoms with van der Waals surface area (Å²) < 4.78 is 0. The predicted molar refractivity (Wildman–Crippen MR) is 71.1 cm³/mol. The molecule has 1 amide bonds. The number of benzene rings is 1. The summed E-state index contributed by atoms with van der Waals surface area (Å²) in [5, 5.41) is 6.60. The zero-order chi connectivity index (χ0) is 13.1. The lowest BCUT2D eigenvalue weighted by molar-refractivity contribution is -0.126. The summed E-state index contributed by atoms with van der Waals surface area (Å²) >= 11 is 5.92. The van der Waals surface area contributed by atoms with Gasteiger partial charge in [-0.05, 0) is 45.5 Å². The molecule has 1 aromatic rings. The van der Waals surface area contributed by atoms with Crippen molar-refractivity contribution in [3.05, 3.63) is 34.9 Å². The van der Waals surface area contributed by atoms with Crippen molar-refractivity contribution in [2.24, 2.45) is 0 Å². The van der Waals surface area contributed by atoms with Crippen LogP contribution in [0.1, 0.15) is 32.4 Å². The van der Waals surface area contributed by atoms with Crippen molar-refractivity contribution in [1.29, 1.82) is 0 Å². The summed E-state index contributed by atoms with van der Waals surface area (Å²) in [6, 6.07) is 7.44. The van der Waals surface area contributed by atoms with Crippen LogP contribution in [-0.4, -0.2) is 18.5 Å². The molecule has 0 aliphatic rings. The average Bonchev–Trinajstić information content (AvgIpc) is 2.28. The van der Waals surface area contributed by atoms with Gasteiger partial charge in [0.05, 0.1) is 11.6 Å². The van der Waals surface area contributed by atoms with E-state index in [2.05, 4.69) is 10.6 Å². The highest BCUT2D eigenvalue weighted by Crippen LogP contribution is 2.18. The first-order valence-electron chi connectivity index (χ1n) is 5.62. The summed E-state index contributed by atoms with van der Waals surface area (Å²) in [4.78, 5) is 12.0. The van der Waals surface area contributed by atoms with Crippen molar-refractivity contribution < 1.29 is 4.79 Å². The first-order valence-corrected chi connectivity index (χ1v) is 6.00. The highest BCUT2D eigenvalue weighted by molar-refractivity contribution is 6.30. The lowest BCUT2D eigenvalue weighted by atomic mass is 10.0. The number of amides is 1. The molecule has 94 valence electrons. The van der Waals surface area contributed by atoms with E-state index in [1.807, 2.05) is 45.0 Å². The first kappa shape index (κ1) is 14.0. The number of halogens is 1. The Morgan fingerprint density at radius 1 is 1.41 bits per heavy atom. The number of carbonyl (C=O) groups excluding carboxylic acids is 1. The molecule has 17 heavy (non-hydrogen) atoms. The maximum absolute atomic E-state index is 12.0. The largest absolute Gasteiger partial charge is 0.348 e. The molecule has 0 saturated heterocycles. The van der Waals surface area contributed by atoms with Crippen molar-refractivity contribution in [2.45, 2.75) is 32.4 Å². The molecule has 4 heteroatoms. The third-order valence-corrected chi connectivity index (χ3v) is 3.12. The molecule has 1 aromatic carbocycles. The molecule has 1 rings (SSSR count). The normalized spacial score (nSPS) is 13.2. The molecule has 0 unspecified atom stereocenters. The number of rotatable bonds is 4. The van der Waals surface area contributed by atoms with Gasteiger partial charge in [-0.25, -0.2) is 0 Å². The Bertz CT molecular complexity index is 404. The van der Waals surface area contributed by atoms with E-state index >= 15 is 0 Å². The Balaban J connectivity index is 2.73. The minimum atomic E-state index is -0.577. The van der Waals surface area contributed by atoms with Crippen molar-refractivity contribution in [3.8, 4) is 0 Å². The van der Waals surface area contributed by atoms with Gasteiger partial charge in [-0.2, -0.15) is 0 Å². The lowest BCUT2D eigenvalue weighted by Crippen LogP contribution is -2.51.